The summed E-state index contributed by atoms with van der Waals surface area (Å²) in [7, 11) is 2.97. The minimum absolute atomic E-state index is 0.194. The van der Waals surface area contributed by atoms with E-state index in [2.05, 4.69) is 10.3 Å². The number of ether oxygens (including phenoxy) is 2. The average molecular weight is 476 g/mol. The second-order valence-electron chi connectivity index (χ2n) is 8.27. The van der Waals surface area contributed by atoms with Crippen molar-refractivity contribution in [1.82, 2.24) is 19.8 Å². The SMILES string of the molecule is COc1ccc2c(c1OC)C(=O)N1c3ccccc3C(=O)N(CC(=O)NCCCn3ccnc3)C21. The number of nitrogens with one attached hydrogen (secondary N) is 1. The molecule has 180 valence electrons. The molecule has 0 fully saturated rings. The Morgan fingerprint density at radius 2 is 1.91 bits per heavy atom. The molecule has 2 aromatic carbocycles. The maximum absolute atomic E-state index is 13.6. The quantitative estimate of drug-likeness (QED) is 0.501. The van der Waals surface area contributed by atoms with Gasteiger partial charge in [-0.05, 0) is 24.6 Å². The predicted molar refractivity (Wildman–Crippen MR) is 126 cm³/mol. The molecule has 3 amide bonds. The number of benzene rings is 2. The van der Waals surface area contributed by atoms with Crippen LogP contribution in [0.5, 0.6) is 11.5 Å². The van der Waals surface area contributed by atoms with Gasteiger partial charge in [-0.2, -0.15) is 0 Å². The third kappa shape index (κ3) is 3.76. The number of para-hydroxylation sites is 1. The van der Waals surface area contributed by atoms with Gasteiger partial charge in [0.1, 0.15) is 12.7 Å². The highest BCUT2D eigenvalue weighted by Crippen LogP contribution is 2.49. The van der Waals surface area contributed by atoms with Gasteiger partial charge in [-0.25, -0.2) is 4.98 Å². The highest BCUT2D eigenvalue weighted by molar-refractivity contribution is 6.18. The van der Waals surface area contributed by atoms with E-state index in [0.717, 1.165) is 6.54 Å². The lowest BCUT2D eigenvalue weighted by Gasteiger charge is -2.40. The zero-order valence-corrected chi connectivity index (χ0v) is 19.4. The van der Waals surface area contributed by atoms with Crippen LogP contribution >= 0.6 is 0 Å². The van der Waals surface area contributed by atoms with Crippen LogP contribution in [0, 0.1) is 0 Å². The fourth-order valence-electron chi connectivity index (χ4n) is 4.70. The molecule has 35 heavy (non-hydrogen) atoms. The number of imidazole rings is 1. The molecular formula is C25H25N5O5. The predicted octanol–water partition coefficient (Wildman–Crippen LogP) is 2.22. The molecule has 10 heteroatoms. The molecule has 3 heterocycles. The first kappa shape index (κ1) is 22.5. The van der Waals surface area contributed by atoms with E-state index in [9.17, 15) is 14.4 Å². The summed E-state index contributed by atoms with van der Waals surface area (Å²) in [5.41, 5.74) is 1.78. The van der Waals surface area contributed by atoms with E-state index in [-0.39, 0.29) is 24.3 Å². The highest BCUT2D eigenvalue weighted by atomic mass is 16.5. The maximum Gasteiger partial charge on any atom is 0.264 e. The van der Waals surface area contributed by atoms with Crippen LogP contribution in [-0.2, 0) is 11.3 Å². The average Bonchev–Trinajstić information content (AvgIpc) is 3.50. The van der Waals surface area contributed by atoms with Crippen LogP contribution in [0.15, 0.2) is 55.1 Å². The van der Waals surface area contributed by atoms with Crippen molar-refractivity contribution in [2.24, 2.45) is 0 Å². The summed E-state index contributed by atoms with van der Waals surface area (Å²) in [4.78, 5) is 47.0. The number of carbonyl (C=O) groups excluding carboxylic acids is 3. The van der Waals surface area contributed by atoms with Crippen LogP contribution in [0.3, 0.4) is 0 Å². The molecule has 1 aromatic heterocycles. The molecular weight excluding hydrogens is 450 g/mol. The van der Waals surface area contributed by atoms with E-state index >= 15 is 0 Å². The summed E-state index contributed by atoms with van der Waals surface area (Å²) in [5, 5.41) is 2.88. The first-order valence-electron chi connectivity index (χ1n) is 11.3. The maximum atomic E-state index is 13.6. The Hall–Kier alpha value is -4.34. The smallest absolute Gasteiger partial charge is 0.264 e. The Labute approximate surface area is 202 Å². The molecule has 5 rings (SSSR count). The fourth-order valence-corrected chi connectivity index (χ4v) is 4.70. The Kier molecular flexibility index (Phi) is 5.86. The van der Waals surface area contributed by atoms with Crippen LogP contribution in [0.2, 0.25) is 0 Å². The third-order valence-corrected chi connectivity index (χ3v) is 6.27. The number of hydrogen-bond donors (Lipinski definition) is 1. The van der Waals surface area contributed by atoms with Crippen molar-refractivity contribution in [3.63, 3.8) is 0 Å². The van der Waals surface area contributed by atoms with E-state index in [1.807, 2.05) is 10.8 Å². The van der Waals surface area contributed by atoms with Crippen LogP contribution < -0.4 is 19.7 Å². The van der Waals surface area contributed by atoms with Gasteiger partial charge in [0.2, 0.25) is 5.91 Å². The monoisotopic (exact) mass is 475 g/mol. The lowest BCUT2D eigenvalue weighted by atomic mass is 10.0. The molecule has 1 N–H and O–H groups in total. The highest BCUT2D eigenvalue weighted by Gasteiger charge is 2.50. The second-order valence-corrected chi connectivity index (χ2v) is 8.27. The number of methoxy groups -OCH3 is 2. The normalized spacial score (nSPS) is 16.0. The molecule has 2 aliphatic heterocycles. The number of amides is 3. The summed E-state index contributed by atoms with van der Waals surface area (Å²) in [6.45, 7) is 0.973. The molecule has 0 radical (unpaired) electrons. The zero-order chi connectivity index (χ0) is 24.5. The van der Waals surface area contributed by atoms with Crippen LogP contribution in [0.25, 0.3) is 0 Å². The summed E-state index contributed by atoms with van der Waals surface area (Å²) < 4.78 is 12.8. The second kappa shape index (κ2) is 9.13. The van der Waals surface area contributed by atoms with Gasteiger partial charge in [-0.1, -0.05) is 18.2 Å². The topological polar surface area (TPSA) is 106 Å². The van der Waals surface area contributed by atoms with Gasteiger partial charge in [0.25, 0.3) is 11.8 Å². The Morgan fingerprint density at radius 3 is 2.66 bits per heavy atom. The van der Waals surface area contributed by atoms with E-state index in [0.29, 0.717) is 46.8 Å². The van der Waals surface area contributed by atoms with Gasteiger partial charge in [0.05, 0.1) is 37.4 Å². The summed E-state index contributed by atoms with van der Waals surface area (Å²) in [5.74, 6) is -0.207. The van der Waals surface area contributed by atoms with Crippen molar-refractivity contribution >= 4 is 23.4 Å². The molecule has 0 spiro atoms. The van der Waals surface area contributed by atoms with Gasteiger partial charge >= 0.3 is 0 Å². The number of aryl methyl sites for hydroxylation is 1. The number of rotatable bonds is 8. The number of carbonyl (C=O) groups is 3. The van der Waals surface area contributed by atoms with E-state index in [1.54, 1.807) is 53.8 Å². The first-order chi connectivity index (χ1) is 17.0. The van der Waals surface area contributed by atoms with Gasteiger partial charge in [-0.3, -0.25) is 19.3 Å². The Balaban J connectivity index is 1.44. The van der Waals surface area contributed by atoms with Crippen molar-refractivity contribution in [2.45, 2.75) is 19.1 Å². The number of anilines is 1. The van der Waals surface area contributed by atoms with Crippen molar-refractivity contribution in [2.75, 3.05) is 32.2 Å². The molecule has 1 unspecified atom stereocenters. The van der Waals surface area contributed by atoms with E-state index in [1.165, 1.54) is 19.1 Å². The first-order valence-corrected chi connectivity index (χ1v) is 11.3. The Morgan fingerprint density at radius 1 is 1.09 bits per heavy atom. The molecule has 10 nitrogen and oxygen atoms in total. The lowest BCUT2D eigenvalue weighted by molar-refractivity contribution is -0.122. The third-order valence-electron chi connectivity index (χ3n) is 6.27. The van der Waals surface area contributed by atoms with Crippen molar-refractivity contribution in [3.05, 3.63) is 71.8 Å². The minimum Gasteiger partial charge on any atom is -0.493 e. The van der Waals surface area contributed by atoms with Gasteiger partial charge < -0.3 is 24.3 Å². The zero-order valence-electron chi connectivity index (χ0n) is 19.4. The number of nitrogens with zero attached hydrogens (tertiary/aromatic N) is 4. The van der Waals surface area contributed by atoms with Gasteiger partial charge in [-0.15, -0.1) is 0 Å². The largest absolute Gasteiger partial charge is 0.493 e. The fraction of sp³-hybridized carbons (Fsp3) is 0.280. The molecule has 2 aliphatic rings. The van der Waals surface area contributed by atoms with Crippen molar-refractivity contribution in [1.29, 1.82) is 0 Å². The molecule has 0 aliphatic carbocycles. The number of hydrogen-bond acceptors (Lipinski definition) is 6. The molecule has 3 aromatic rings. The van der Waals surface area contributed by atoms with Crippen molar-refractivity contribution in [3.8, 4) is 11.5 Å². The minimum atomic E-state index is -0.767. The van der Waals surface area contributed by atoms with Gasteiger partial charge in [0, 0.05) is 31.0 Å². The lowest BCUT2D eigenvalue weighted by Crippen LogP contribution is -2.51. The van der Waals surface area contributed by atoms with Gasteiger partial charge in [0.15, 0.2) is 11.5 Å². The van der Waals surface area contributed by atoms with Crippen molar-refractivity contribution < 1.29 is 23.9 Å². The van der Waals surface area contributed by atoms with Crippen LogP contribution in [0.4, 0.5) is 5.69 Å². The van der Waals surface area contributed by atoms with E-state index < -0.39 is 6.17 Å². The number of aromatic nitrogens is 2. The molecule has 1 atom stereocenters. The van der Waals surface area contributed by atoms with Crippen LogP contribution in [-0.4, -0.2) is 59.5 Å². The molecule has 0 bridgehead atoms. The summed E-state index contributed by atoms with van der Waals surface area (Å²) in [6, 6.07) is 10.4. The molecule has 0 saturated heterocycles. The van der Waals surface area contributed by atoms with E-state index in [4.69, 9.17) is 9.47 Å². The number of fused-ring (bicyclic) bond motifs is 5. The Bertz CT molecular complexity index is 1290. The van der Waals surface area contributed by atoms with Crippen LogP contribution in [0.1, 0.15) is 38.9 Å². The molecule has 0 saturated carbocycles. The summed E-state index contributed by atoms with van der Waals surface area (Å²) in [6.07, 6.45) is 5.23. The standard InChI is InChI=1S/C25H25N5O5/c1-34-19-9-8-17-21(22(19)35-2)25(33)30-18-7-4-3-6-16(18)24(32)29(23(17)30)14-20(31)27-10-5-12-28-13-11-26-15-28/h3-4,6-9,11,13,15,23H,5,10,12,14H2,1-2H3,(H,27,31). The summed E-state index contributed by atoms with van der Waals surface area (Å²) >= 11 is 0.